The molecule has 9 heteroatoms. The van der Waals surface area contributed by atoms with E-state index >= 15 is 0 Å². The third kappa shape index (κ3) is 4.36. The Morgan fingerprint density at radius 2 is 2.08 bits per heavy atom. The minimum atomic E-state index is -0.398. The molecule has 134 valence electrons. The lowest BCUT2D eigenvalue weighted by molar-refractivity contribution is -0.122. The molecular weight excluding hydrogens is 380 g/mol. The number of nitrogens with zero attached hydrogens (tertiary/aromatic N) is 4. The Bertz CT molecular complexity index is 946. The molecule has 0 bridgehead atoms. The molecule has 0 radical (unpaired) electrons. The number of nitrogens with one attached hydrogen (secondary N) is 1. The number of hydrogen-bond donors (Lipinski definition) is 1. The summed E-state index contributed by atoms with van der Waals surface area (Å²) in [6.07, 6.45) is 0. The highest BCUT2D eigenvalue weighted by Gasteiger charge is 2.15. The molecule has 0 saturated carbocycles. The molecule has 6 nitrogen and oxygen atoms in total. The number of amides is 1. The maximum Gasteiger partial charge on any atom is 0.244 e. The van der Waals surface area contributed by atoms with E-state index in [-0.39, 0.29) is 24.3 Å². The predicted octanol–water partition coefficient (Wildman–Crippen LogP) is 3.66. The summed E-state index contributed by atoms with van der Waals surface area (Å²) in [7, 11) is 0. The van der Waals surface area contributed by atoms with Gasteiger partial charge >= 0.3 is 0 Å². The molecule has 2 aromatic carbocycles. The van der Waals surface area contributed by atoms with Crippen molar-refractivity contribution in [3.63, 3.8) is 0 Å². The van der Waals surface area contributed by atoms with Crippen LogP contribution >= 0.6 is 23.2 Å². The lowest BCUT2D eigenvalue weighted by Gasteiger charge is -2.15. The average molecular weight is 394 g/mol. The van der Waals surface area contributed by atoms with Crippen molar-refractivity contribution in [2.24, 2.45) is 0 Å². The van der Waals surface area contributed by atoms with E-state index in [1.807, 2.05) is 0 Å². The van der Waals surface area contributed by atoms with Crippen LogP contribution in [0.3, 0.4) is 0 Å². The Kier molecular flexibility index (Phi) is 5.49. The van der Waals surface area contributed by atoms with Gasteiger partial charge in [-0.1, -0.05) is 41.4 Å². The van der Waals surface area contributed by atoms with Gasteiger partial charge in [-0.05, 0) is 42.0 Å². The Morgan fingerprint density at radius 3 is 2.81 bits per heavy atom. The molecule has 1 aromatic heterocycles. The van der Waals surface area contributed by atoms with Gasteiger partial charge in [-0.25, -0.2) is 4.39 Å². The first-order chi connectivity index (χ1) is 12.4. The van der Waals surface area contributed by atoms with E-state index in [4.69, 9.17) is 23.2 Å². The second-order valence-corrected chi connectivity index (χ2v) is 6.45. The Labute approximate surface area is 158 Å². The van der Waals surface area contributed by atoms with Gasteiger partial charge in [-0.15, -0.1) is 10.2 Å². The van der Waals surface area contributed by atoms with E-state index in [2.05, 4.69) is 20.7 Å². The van der Waals surface area contributed by atoms with Crippen molar-refractivity contribution in [2.75, 3.05) is 0 Å². The molecule has 1 heterocycles. The van der Waals surface area contributed by atoms with Gasteiger partial charge in [0.2, 0.25) is 11.7 Å². The predicted molar refractivity (Wildman–Crippen MR) is 96.2 cm³/mol. The van der Waals surface area contributed by atoms with E-state index in [1.165, 1.54) is 12.1 Å². The van der Waals surface area contributed by atoms with E-state index in [9.17, 15) is 9.18 Å². The van der Waals surface area contributed by atoms with Gasteiger partial charge in [0.05, 0.1) is 6.04 Å². The van der Waals surface area contributed by atoms with Gasteiger partial charge in [-0.2, -0.15) is 4.80 Å². The fourth-order valence-electron chi connectivity index (χ4n) is 2.40. The molecule has 1 unspecified atom stereocenters. The van der Waals surface area contributed by atoms with Crippen LogP contribution in [0.15, 0.2) is 42.5 Å². The van der Waals surface area contributed by atoms with Gasteiger partial charge in [0.25, 0.3) is 0 Å². The zero-order valence-corrected chi connectivity index (χ0v) is 15.2. The molecule has 1 amide bonds. The first-order valence-corrected chi connectivity index (χ1v) is 8.46. The number of aromatic nitrogens is 4. The third-order valence-corrected chi connectivity index (χ3v) is 4.19. The molecule has 3 aromatic rings. The molecule has 0 spiro atoms. The van der Waals surface area contributed by atoms with Crippen LogP contribution in [0.1, 0.15) is 18.5 Å². The minimum absolute atomic E-state index is 0.127. The maximum atomic E-state index is 13.3. The van der Waals surface area contributed by atoms with Gasteiger partial charge in [0, 0.05) is 15.6 Å². The summed E-state index contributed by atoms with van der Waals surface area (Å²) in [5, 5.41) is 15.6. The smallest absolute Gasteiger partial charge is 0.244 e. The monoisotopic (exact) mass is 393 g/mol. The lowest BCUT2D eigenvalue weighted by Crippen LogP contribution is -2.31. The maximum absolute atomic E-state index is 13.3. The number of tetrazole rings is 1. The van der Waals surface area contributed by atoms with Crippen molar-refractivity contribution in [3.8, 4) is 11.4 Å². The Morgan fingerprint density at radius 1 is 1.27 bits per heavy atom. The molecule has 26 heavy (non-hydrogen) atoms. The first-order valence-electron chi connectivity index (χ1n) is 7.70. The molecule has 0 fully saturated rings. The number of hydrogen-bond acceptors (Lipinski definition) is 4. The average Bonchev–Trinajstić information content (AvgIpc) is 3.03. The molecule has 0 saturated heterocycles. The molecule has 0 aliphatic carbocycles. The summed E-state index contributed by atoms with van der Waals surface area (Å²) in [6.45, 7) is 1.68. The second kappa shape index (κ2) is 7.80. The summed E-state index contributed by atoms with van der Waals surface area (Å²) < 4.78 is 13.3. The van der Waals surface area contributed by atoms with Crippen LogP contribution < -0.4 is 5.32 Å². The van der Waals surface area contributed by atoms with Crippen LogP contribution in [-0.4, -0.2) is 26.1 Å². The van der Waals surface area contributed by atoms with Gasteiger partial charge in [0.1, 0.15) is 12.4 Å². The quantitative estimate of drug-likeness (QED) is 0.717. The van der Waals surface area contributed by atoms with Gasteiger partial charge in [-0.3, -0.25) is 4.79 Å². The van der Waals surface area contributed by atoms with Crippen LogP contribution in [-0.2, 0) is 11.3 Å². The van der Waals surface area contributed by atoms with Crippen LogP contribution in [0.5, 0.6) is 0 Å². The van der Waals surface area contributed by atoms with E-state index in [0.717, 1.165) is 10.4 Å². The van der Waals surface area contributed by atoms with Gasteiger partial charge in [0.15, 0.2) is 0 Å². The number of halogens is 3. The standard InChI is InChI=1S/C17H14Cl2FN5O/c1-10(14-6-5-12(18)8-15(14)19)21-16(26)9-25-23-17(22-24-25)11-3-2-4-13(20)7-11/h2-8,10H,9H2,1H3,(H,21,26). The van der Waals surface area contributed by atoms with Crippen molar-refractivity contribution < 1.29 is 9.18 Å². The fraction of sp³-hybridized carbons (Fsp3) is 0.176. The fourth-order valence-corrected chi connectivity index (χ4v) is 2.97. The highest BCUT2D eigenvalue weighted by atomic mass is 35.5. The van der Waals surface area contributed by atoms with Crippen molar-refractivity contribution in [1.82, 2.24) is 25.5 Å². The first kappa shape index (κ1) is 18.3. The SMILES string of the molecule is CC(NC(=O)Cn1nnc(-c2cccc(F)c2)n1)c1ccc(Cl)cc1Cl. The molecular formula is C17H14Cl2FN5O. The number of carbonyl (C=O) groups is 1. The zero-order valence-electron chi connectivity index (χ0n) is 13.7. The van der Waals surface area contributed by atoms with Crippen molar-refractivity contribution >= 4 is 29.1 Å². The molecule has 1 N–H and O–H groups in total. The van der Waals surface area contributed by atoms with E-state index in [1.54, 1.807) is 37.3 Å². The summed E-state index contributed by atoms with van der Waals surface area (Å²) >= 11 is 12.0. The largest absolute Gasteiger partial charge is 0.348 e. The molecule has 0 aliphatic heterocycles. The highest BCUT2D eigenvalue weighted by Crippen LogP contribution is 2.26. The molecule has 0 aliphatic rings. The molecule has 1 atom stereocenters. The third-order valence-electron chi connectivity index (χ3n) is 3.63. The Hall–Kier alpha value is -2.51. The topological polar surface area (TPSA) is 72.7 Å². The van der Waals surface area contributed by atoms with Crippen molar-refractivity contribution in [2.45, 2.75) is 19.5 Å². The normalized spacial score (nSPS) is 12.0. The summed E-state index contributed by atoms with van der Waals surface area (Å²) in [6, 6.07) is 10.6. The van der Waals surface area contributed by atoms with Gasteiger partial charge < -0.3 is 5.32 Å². The van der Waals surface area contributed by atoms with Crippen LogP contribution in [0.4, 0.5) is 4.39 Å². The summed E-state index contributed by atoms with van der Waals surface area (Å²) in [5.41, 5.74) is 1.23. The number of rotatable bonds is 5. The Balaban J connectivity index is 1.65. The van der Waals surface area contributed by atoms with Crippen LogP contribution in [0, 0.1) is 5.82 Å². The van der Waals surface area contributed by atoms with E-state index < -0.39 is 5.82 Å². The lowest BCUT2D eigenvalue weighted by atomic mass is 10.1. The van der Waals surface area contributed by atoms with Crippen molar-refractivity contribution in [1.29, 1.82) is 0 Å². The van der Waals surface area contributed by atoms with Crippen molar-refractivity contribution in [3.05, 3.63) is 63.9 Å². The second-order valence-electron chi connectivity index (χ2n) is 5.61. The van der Waals surface area contributed by atoms with Crippen LogP contribution in [0.25, 0.3) is 11.4 Å². The zero-order chi connectivity index (χ0) is 18.7. The summed E-state index contributed by atoms with van der Waals surface area (Å²) in [4.78, 5) is 13.4. The molecule has 3 rings (SSSR count). The minimum Gasteiger partial charge on any atom is -0.348 e. The number of carbonyl (C=O) groups excluding carboxylic acids is 1. The summed E-state index contributed by atoms with van der Waals surface area (Å²) in [5.74, 6) is -0.469. The van der Waals surface area contributed by atoms with E-state index in [0.29, 0.717) is 15.6 Å². The number of benzene rings is 2. The highest BCUT2D eigenvalue weighted by molar-refractivity contribution is 6.35. The van der Waals surface area contributed by atoms with Crippen LogP contribution in [0.2, 0.25) is 10.0 Å².